The Morgan fingerprint density at radius 2 is 1.03 bits per heavy atom. The monoisotopic (exact) mass is 737 g/mol. The molecule has 268 valence electrons. The van der Waals surface area contributed by atoms with Gasteiger partial charge < -0.3 is 4.57 Å². The molecule has 5 nitrogen and oxygen atoms in total. The van der Waals surface area contributed by atoms with Crippen molar-refractivity contribution in [1.29, 1.82) is 0 Å². The van der Waals surface area contributed by atoms with Gasteiger partial charge in [0, 0.05) is 33.8 Å². The van der Waals surface area contributed by atoms with Crippen LogP contribution in [0.5, 0.6) is 0 Å². The lowest BCUT2D eigenvalue weighted by atomic mass is 9.70. The van der Waals surface area contributed by atoms with E-state index in [-0.39, 0.29) is 0 Å². The van der Waals surface area contributed by atoms with Crippen LogP contribution in [0, 0.1) is 0 Å². The van der Waals surface area contributed by atoms with Gasteiger partial charge in [0.1, 0.15) is 12.7 Å². The molecule has 0 fully saturated rings. The second kappa shape index (κ2) is 11.6. The SMILES string of the molecule is c1ccc(-n2c3ccccc3c3cc4c(cc32)C2(c3ccccc3-4)c3cc(-c4c5ccccc5c(-c5ncncn5)c5ccccc45)ccc3-c3ncccc32)cc1. The Balaban J connectivity index is 1.15. The number of rotatable bonds is 3. The zero-order valence-electron chi connectivity index (χ0n) is 31.1. The fourth-order valence-electron chi connectivity index (χ4n) is 10.5. The molecule has 2 aliphatic rings. The van der Waals surface area contributed by atoms with Gasteiger partial charge in [-0.1, -0.05) is 127 Å². The molecule has 13 rings (SSSR count). The van der Waals surface area contributed by atoms with Crippen LogP contribution in [0.1, 0.15) is 22.3 Å². The maximum absolute atomic E-state index is 5.15. The first-order chi connectivity index (χ1) is 28.8. The highest BCUT2D eigenvalue weighted by Crippen LogP contribution is 2.63. The van der Waals surface area contributed by atoms with E-state index in [0.717, 1.165) is 44.1 Å². The van der Waals surface area contributed by atoms with Crippen LogP contribution in [0.3, 0.4) is 0 Å². The van der Waals surface area contributed by atoms with E-state index >= 15 is 0 Å². The molecule has 0 amide bonds. The summed E-state index contributed by atoms with van der Waals surface area (Å²) in [5.41, 5.74) is 16.1. The summed E-state index contributed by atoms with van der Waals surface area (Å²) in [5.74, 6) is 0.668. The van der Waals surface area contributed by atoms with E-state index in [1.165, 1.54) is 66.3 Å². The molecule has 0 saturated carbocycles. The number of aromatic nitrogens is 5. The van der Waals surface area contributed by atoms with Gasteiger partial charge >= 0.3 is 0 Å². The average Bonchev–Trinajstić information content (AvgIpc) is 3.89. The van der Waals surface area contributed by atoms with E-state index in [9.17, 15) is 0 Å². The molecule has 0 aliphatic heterocycles. The first kappa shape index (κ1) is 31.4. The molecule has 1 unspecified atom stereocenters. The quantitative estimate of drug-likeness (QED) is 0.169. The fourth-order valence-corrected chi connectivity index (χ4v) is 10.5. The molecule has 0 bridgehead atoms. The van der Waals surface area contributed by atoms with Gasteiger partial charge in [0.25, 0.3) is 0 Å². The van der Waals surface area contributed by atoms with Crippen LogP contribution < -0.4 is 0 Å². The van der Waals surface area contributed by atoms with Crippen molar-refractivity contribution >= 4 is 43.4 Å². The van der Waals surface area contributed by atoms with Crippen molar-refractivity contribution in [2.75, 3.05) is 0 Å². The molecule has 0 saturated heterocycles. The van der Waals surface area contributed by atoms with Crippen molar-refractivity contribution < 1.29 is 0 Å². The van der Waals surface area contributed by atoms with Crippen molar-refractivity contribution in [2.24, 2.45) is 0 Å². The van der Waals surface area contributed by atoms with Crippen molar-refractivity contribution in [3.63, 3.8) is 0 Å². The smallest absolute Gasteiger partial charge is 0.163 e. The summed E-state index contributed by atoms with van der Waals surface area (Å²) in [4.78, 5) is 18.6. The fraction of sp³-hybridized carbons (Fsp3) is 0.0189. The summed E-state index contributed by atoms with van der Waals surface area (Å²) in [7, 11) is 0. The number of benzene rings is 8. The highest BCUT2D eigenvalue weighted by atomic mass is 15.0. The second-order valence-corrected chi connectivity index (χ2v) is 15.4. The van der Waals surface area contributed by atoms with Gasteiger partial charge in [-0.05, 0) is 109 Å². The molecule has 5 heteroatoms. The number of hydrogen-bond acceptors (Lipinski definition) is 4. The lowest BCUT2D eigenvalue weighted by Crippen LogP contribution is -2.26. The molecule has 2 aliphatic carbocycles. The van der Waals surface area contributed by atoms with Gasteiger partial charge in [0.2, 0.25) is 0 Å². The molecule has 0 radical (unpaired) electrons. The molecule has 3 aromatic heterocycles. The van der Waals surface area contributed by atoms with E-state index in [1.54, 1.807) is 12.7 Å². The summed E-state index contributed by atoms with van der Waals surface area (Å²) in [6.07, 6.45) is 5.10. The third-order valence-electron chi connectivity index (χ3n) is 12.7. The number of pyridine rings is 1. The van der Waals surface area contributed by atoms with E-state index in [2.05, 4.69) is 189 Å². The zero-order valence-corrected chi connectivity index (χ0v) is 31.1. The first-order valence-corrected chi connectivity index (χ1v) is 19.7. The minimum absolute atomic E-state index is 0.594. The van der Waals surface area contributed by atoms with Crippen molar-refractivity contribution in [2.45, 2.75) is 5.41 Å². The summed E-state index contributed by atoms with van der Waals surface area (Å²) >= 11 is 0. The van der Waals surface area contributed by atoms with E-state index < -0.39 is 5.41 Å². The molecular formula is C53H31N5. The first-order valence-electron chi connectivity index (χ1n) is 19.7. The van der Waals surface area contributed by atoms with E-state index in [0.29, 0.717) is 5.82 Å². The molecule has 1 spiro atoms. The summed E-state index contributed by atoms with van der Waals surface area (Å²) in [6, 6.07) is 62.4. The molecule has 1 atom stereocenters. The standard InChI is InChI=1S/C53H31N5/c1-2-13-33(14-3-1)58-47-23-11-9-16-35(47)42-28-41-34-15-8-10-21-43(34)53(46(41)29-48(42)58)44-22-12-26-55-51(44)40-25-24-32(27-45(40)53)49-36-17-4-6-19-38(36)50(52-56-30-54-31-57-52)39-20-7-5-18-37(39)49/h1-31H. The lowest BCUT2D eigenvalue weighted by Gasteiger charge is -2.30. The molecule has 11 aromatic rings. The van der Waals surface area contributed by atoms with E-state index in [1.807, 2.05) is 6.20 Å². The van der Waals surface area contributed by atoms with Crippen molar-refractivity contribution in [3.05, 3.63) is 211 Å². The predicted molar refractivity (Wildman–Crippen MR) is 234 cm³/mol. The minimum Gasteiger partial charge on any atom is -0.309 e. The van der Waals surface area contributed by atoms with E-state index in [4.69, 9.17) is 4.98 Å². The van der Waals surface area contributed by atoms with Gasteiger partial charge in [0.05, 0.1) is 22.1 Å². The minimum atomic E-state index is -0.594. The normalized spacial score (nSPS) is 15.0. The topological polar surface area (TPSA) is 56.5 Å². The van der Waals surface area contributed by atoms with Gasteiger partial charge in [-0.2, -0.15) is 0 Å². The highest BCUT2D eigenvalue weighted by Gasteiger charge is 2.52. The number of hydrogen-bond donors (Lipinski definition) is 0. The van der Waals surface area contributed by atoms with Crippen molar-refractivity contribution in [1.82, 2.24) is 24.5 Å². The zero-order chi connectivity index (χ0) is 38.0. The van der Waals surface area contributed by atoms with Crippen LogP contribution in [-0.4, -0.2) is 24.5 Å². The lowest BCUT2D eigenvalue weighted by molar-refractivity contribution is 0.792. The van der Waals surface area contributed by atoms with Gasteiger partial charge in [-0.3, -0.25) is 4.98 Å². The highest BCUT2D eigenvalue weighted by molar-refractivity contribution is 6.21. The molecule has 8 aromatic carbocycles. The van der Waals surface area contributed by atoms with Crippen LogP contribution >= 0.6 is 0 Å². The number of para-hydroxylation sites is 2. The maximum Gasteiger partial charge on any atom is 0.163 e. The Morgan fingerprint density at radius 3 is 1.81 bits per heavy atom. The van der Waals surface area contributed by atoms with Gasteiger partial charge in [-0.15, -0.1) is 0 Å². The van der Waals surface area contributed by atoms with Crippen LogP contribution in [0.15, 0.2) is 189 Å². The largest absolute Gasteiger partial charge is 0.309 e. The predicted octanol–water partition coefficient (Wildman–Crippen LogP) is 12.3. The second-order valence-electron chi connectivity index (χ2n) is 15.4. The molecule has 0 N–H and O–H groups in total. The van der Waals surface area contributed by atoms with Gasteiger partial charge in [-0.25, -0.2) is 15.0 Å². The van der Waals surface area contributed by atoms with Gasteiger partial charge in [0.15, 0.2) is 5.82 Å². The Kier molecular flexibility index (Phi) is 6.31. The third-order valence-corrected chi connectivity index (χ3v) is 12.7. The number of nitrogens with zero attached hydrogens (tertiary/aromatic N) is 5. The molecular weight excluding hydrogens is 707 g/mol. The maximum atomic E-state index is 5.15. The Bertz CT molecular complexity index is 3460. The summed E-state index contributed by atoms with van der Waals surface area (Å²) < 4.78 is 2.43. The molecule has 58 heavy (non-hydrogen) atoms. The average molecular weight is 738 g/mol. The summed E-state index contributed by atoms with van der Waals surface area (Å²) in [5, 5.41) is 7.02. The third kappa shape index (κ3) is 3.99. The Labute approximate surface area is 333 Å². The van der Waals surface area contributed by atoms with Crippen LogP contribution in [-0.2, 0) is 5.41 Å². The van der Waals surface area contributed by atoms with Crippen molar-refractivity contribution in [3.8, 4) is 50.6 Å². The molecule has 3 heterocycles. The van der Waals surface area contributed by atoms with Crippen LogP contribution in [0.2, 0.25) is 0 Å². The Morgan fingerprint density at radius 1 is 0.397 bits per heavy atom. The van der Waals surface area contributed by atoms with Crippen LogP contribution in [0.4, 0.5) is 0 Å². The Hall–Kier alpha value is -7.76. The van der Waals surface area contributed by atoms with Crippen LogP contribution in [0.25, 0.3) is 93.9 Å². The summed E-state index contributed by atoms with van der Waals surface area (Å²) in [6.45, 7) is 0. The number of fused-ring (bicyclic) bond motifs is 15.